The van der Waals surface area contributed by atoms with Crippen molar-refractivity contribution in [1.29, 1.82) is 0 Å². The number of benzene rings is 2. The third kappa shape index (κ3) is 2.08. The molecule has 0 saturated heterocycles. The molecule has 3 heterocycles. The average Bonchev–Trinajstić information content (AvgIpc) is 3.23. The van der Waals surface area contributed by atoms with Gasteiger partial charge < -0.3 is 0 Å². The first kappa shape index (κ1) is 13.3. The number of aromatic nitrogens is 5. The second-order valence-corrected chi connectivity index (χ2v) is 6.34. The van der Waals surface area contributed by atoms with Gasteiger partial charge in [0, 0.05) is 10.9 Å². The number of pyridine rings is 1. The van der Waals surface area contributed by atoms with Crippen molar-refractivity contribution in [2.45, 2.75) is 0 Å². The summed E-state index contributed by atoms with van der Waals surface area (Å²) in [6.45, 7) is 0. The van der Waals surface area contributed by atoms with Crippen molar-refractivity contribution in [3.8, 4) is 22.1 Å². The van der Waals surface area contributed by atoms with Crippen LogP contribution in [0.3, 0.4) is 0 Å². The highest BCUT2D eigenvalue weighted by atomic mass is 32.1. The summed E-state index contributed by atoms with van der Waals surface area (Å²) >= 11 is 1.52. The van der Waals surface area contributed by atoms with Crippen LogP contribution in [0, 0.1) is 0 Å². The van der Waals surface area contributed by atoms with Gasteiger partial charge in [-0.15, -0.1) is 10.2 Å². The summed E-state index contributed by atoms with van der Waals surface area (Å²) in [7, 11) is 0. The lowest BCUT2D eigenvalue weighted by atomic mass is 10.2. The first-order valence-electron chi connectivity index (χ1n) is 7.52. The summed E-state index contributed by atoms with van der Waals surface area (Å²) in [6.07, 6.45) is 0. The van der Waals surface area contributed by atoms with E-state index in [2.05, 4.69) is 15.3 Å². The zero-order chi connectivity index (χ0) is 15.9. The lowest BCUT2D eigenvalue weighted by Gasteiger charge is -2.00. The van der Waals surface area contributed by atoms with Crippen LogP contribution in [0.15, 0.2) is 66.7 Å². The van der Waals surface area contributed by atoms with E-state index in [1.165, 1.54) is 11.3 Å². The van der Waals surface area contributed by atoms with Crippen molar-refractivity contribution in [3.63, 3.8) is 0 Å². The molecule has 0 aliphatic rings. The molecule has 3 aromatic heterocycles. The fourth-order valence-electron chi connectivity index (χ4n) is 2.66. The van der Waals surface area contributed by atoms with Crippen LogP contribution in [-0.2, 0) is 0 Å². The van der Waals surface area contributed by atoms with Crippen LogP contribution in [0.1, 0.15) is 0 Å². The normalized spacial score (nSPS) is 11.3. The molecule has 0 saturated carbocycles. The van der Waals surface area contributed by atoms with Gasteiger partial charge in [0.15, 0.2) is 0 Å². The van der Waals surface area contributed by atoms with Crippen molar-refractivity contribution in [3.05, 3.63) is 66.7 Å². The Balaban J connectivity index is 1.67. The summed E-state index contributed by atoms with van der Waals surface area (Å²) in [5.41, 5.74) is 2.78. The molecule has 0 fully saturated rings. The molecule has 0 aliphatic carbocycles. The number of hydrogen-bond donors (Lipinski definition) is 0. The molecule has 5 rings (SSSR count). The van der Waals surface area contributed by atoms with Gasteiger partial charge in [0.2, 0.25) is 10.8 Å². The zero-order valence-corrected chi connectivity index (χ0v) is 13.3. The van der Waals surface area contributed by atoms with E-state index in [0.29, 0.717) is 5.82 Å². The fraction of sp³-hybridized carbons (Fsp3) is 0. The predicted molar refractivity (Wildman–Crippen MR) is 94.8 cm³/mol. The van der Waals surface area contributed by atoms with E-state index in [0.717, 1.165) is 32.1 Å². The Morgan fingerprint density at radius 1 is 0.792 bits per heavy atom. The Morgan fingerprint density at radius 3 is 2.54 bits per heavy atom. The summed E-state index contributed by atoms with van der Waals surface area (Å²) in [5, 5.41) is 15.2. The van der Waals surface area contributed by atoms with Crippen LogP contribution in [0.2, 0.25) is 0 Å². The van der Waals surface area contributed by atoms with Gasteiger partial charge in [-0.25, -0.2) is 4.98 Å². The minimum atomic E-state index is 0.661. The average molecular weight is 329 g/mol. The molecule has 0 N–H and O–H groups in total. The van der Waals surface area contributed by atoms with Crippen LogP contribution in [0.4, 0.5) is 0 Å². The molecule has 5 aromatic rings. The highest BCUT2D eigenvalue weighted by Gasteiger charge is 2.15. The monoisotopic (exact) mass is 329 g/mol. The molecule has 24 heavy (non-hydrogen) atoms. The van der Waals surface area contributed by atoms with Crippen LogP contribution in [-0.4, -0.2) is 24.8 Å². The molecular formula is C18H11N5S. The van der Waals surface area contributed by atoms with E-state index < -0.39 is 0 Å². The van der Waals surface area contributed by atoms with E-state index >= 15 is 0 Å². The first-order chi connectivity index (χ1) is 11.9. The van der Waals surface area contributed by atoms with Crippen LogP contribution >= 0.6 is 11.3 Å². The molecule has 0 aliphatic heterocycles. The maximum atomic E-state index is 4.69. The molecule has 2 aromatic carbocycles. The third-order valence-electron chi connectivity index (χ3n) is 3.84. The lowest BCUT2D eigenvalue weighted by molar-refractivity contribution is 0.964. The number of fused-ring (bicyclic) bond motifs is 2. The number of nitrogens with zero attached hydrogens (tertiary/aromatic N) is 5. The number of para-hydroxylation sites is 1. The smallest absolute Gasteiger partial charge is 0.235 e. The van der Waals surface area contributed by atoms with Crippen molar-refractivity contribution < 1.29 is 0 Å². The second-order valence-electron chi connectivity index (χ2n) is 5.38. The van der Waals surface area contributed by atoms with Gasteiger partial charge in [0.1, 0.15) is 10.7 Å². The van der Waals surface area contributed by atoms with E-state index in [4.69, 9.17) is 4.98 Å². The molecule has 0 bridgehead atoms. The zero-order valence-electron chi connectivity index (χ0n) is 12.5. The largest absolute Gasteiger partial charge is 0.244 e. The summed E-state index contributed by atoms with van der Waals surface area (Å²) in [4.78, 5) is 5.45. The van der Waals surface area contributed by atoms with Crippen LogP contribution in [0.5, 0.6) is 0 Å². The first-order valence-corrected chi connectivity index (χ1v) is 8.34. The number of rotatable bonds is 2. The molecule has 0 amide bonds. The lowest BCUT2D eigenvalue weighted by Crippen LogP contribution is -1.93. The Bertz CT molecular complexity index is 1160. The molecule has 0 radical (unpaired) electrons. The SMILES string of the molecule is c1ccc(-c2nn3c(-c4ccc5ccccc5n4)nnc3s2)cc1. The summed E-state index contributed by atoms with van der Waals surface area (Å²) < 4.78 is 1.77. The van der Waals surface area contributed by atoms with Crippen molar-refractivity contribution in [2.24, 2.45) is 0 Å². The molecule has 114 valence electrons. The van der Waals surface area contributed by atoms with Gasteiger partial charge in [-0.05, 0) is 12.1 Å². The fourth-order valence-corrected chi connectivity index (χ4v) is 3.51. The van der Waals surface area contributed by atoms with Crippen molar-refractivity contribution in [2.75, 3.05) is 0 Å². The van der Waals surface area contributed by atoms with Crippen LogP contribution < -0.4 is 0 Å². The minimum absolute atomic E-state index is 0.661. The Labute approximate surface area is 141 Å². The highest BCUT2D eigenvalue weighted by molar-refractivity contribution is 7.19. The molecule has 0 unspecified atom stereocenters. The van der Waals surface area contributed by atoms with Gasteiger partial charge in [-0.3, -0.25) is 0 Å². The van der Waals surface area contributed by atoms with Gasteiger partial charge in [-0.1, -0.05) is 65.9 Å². The predicted octanol–water partition coefficient (Wildman–Crippen LogP) is 4.07. The van der Waals surface area contributed by atoms with E-state index in [-0.39, 0.29) is 0 Å². The Hall–Kier alpha value is -3.12. The standard InChI is InChI=1S/C18H11N5S/c1-2-7-13(8-3-1)17-22-23-16(20-21-18(23)24-17)15-11-10-12-6-4-5-9-14(12)19-15/h1-11H. The van der Waals surface area contributed by atoms with Crippen molar-refractivity contribution in [1.82, 2.24) is 24.8 Å². The molecule has 0 atom stereocenters. The minimum Gasteiger partial charge on any atom is -0.244 e. The third-order valence-corrected chi connectivity index (χ3v) is 4.79. The maximum absolute atomic E-state index is 4.69. The van der Waals surface area contributed by atoms with Gasteiger partial charge in [0.05, 0.1) is 5.52 Å². The Morgan fingerprint density at radius 2 is 1.62 bits per heavy atom. The van der Waals surface area contributed by atoms with E-state index in [9.17, 15) is 0 Å². The van der Waals surface area contributed by atoms with Gasteiger partial charge in [0.25, 0.3) is 0 Å². The number of hydrogen-bond acceptors (Lipinski definition) is 5. The molecule has 6 heteroatoms. The van der Waals surface area contributed by atoms with Crippen molar-refractivity contribution >= 4 is 27.2 Å². The Kier molecular flexibility index (Phi) is 2.89. The van der Waals surface area contributed by atoms with Gasteiger partial charge in [-0.2, -0.15) is 9.61 Å². The molecule has 5 nitrogen and oxygen atoms in total. The maximum Gasteiger partial charge on any atom is 0.235 e. The summed E-state index contributed by atoms with van der Waals surface area (Å²) in [6, 6.07) is 22.1. The summed E-state index contributed by atoms with van der Waals surface area (Å²) in [5.74, 6) is 0.661. The van der Waals surface area contributed by atoms with E-state index in [1.807, 2.05) is 66.7 Å². The quantitative estimate of drug-likeness (QED) is 0.490. The molecule has 0 spiro atoms. The topological polar surface area (TPSA) is 56.0 Å². The van der Waals surface area contributed by atoms with Crippen LogP contribution in [0.25, 0.3) is 38.0 Å². The second kappa shape index (κ2) is 5.21. The van der Waals surface area contributed by atoms with E-state index in [1.54, 1.807) is 4.52 Å². The highest BCUT2D eigenvalue weighted by Crippen LogP contribution is 2.27. The molecular weight excluding hydrogens is 318 g/mol. The van der Waals surface area contributed by atoms with Gasteiger partial charge >= 0.3 is 0 Å².